The molecule has 1 aromatic heterocycles. The summed E-state index contributed by atoms with van der Waals surface area (Å²) in [6.07, 6.45) is 0.445. The van der Waals surface area contributed by atoms with E-state index < -0.39 is 0 Å². The van der Waals surface area contributed by atoms with E-state index in [1.54, 1.807) is 36.2 Å². The molecule has 0 saturated heterocycles. The standard InChI is InChI=1S/C28H29N5O3/c1-19-4-8-21(9-5-19)18-29-26(34)22-10-12-23(13-11-22)27-31-25(32-36-27)16-17-33(3)28(35)30-24-14-6-20(2)7-15-24/h4-15H,16-18H2,1-3H3,(H,29,34)(H,30,35). The summed E-state index contributed by atoms with van der Waals surface area (Å²) in [7, 11) is 1.72. The van der Waals surface area contributed by atoms with Gasteiger partial charge in [0.2, 0.25) is 0 Å². The van der Waals surface area contributed by atoms with Crippen molar-refractivity contribution in [1.29, 1.82) is 0 Å². The van der Waals surface area contributed by atoms with Crippen molar-refractivity contribution in [3.8, 4) is 11.5 Å². The second kappa shape index (κ2) is 11.3. The average Bonchev–Trinajstić information content (AvgIpc) is 3.37. The summed E-state index contributed by atoms with van der Waals surface area (Å²) in [5.41, 5.74) is 5.36. The van der Waals surface area contributed by atoms with Crippen LogP contribution in [0.5, 0.6) is 0 Å². The second-order valence-electron chi connectivity index (χ2n) is 8.73. The molecule has 8 nitrogen and oxygen atoms in total. The smallest absolute Gasteiger partial charge is 0.321 e. The highest BCUT2D eigenvalue weighted by Crippen LogP contribution is 2.18. The number of carbonyl (C=O) groups is 2. The SMILES string of the molecule is Cc1ccc(CNC(=O)c2ccc(-c3nc(CCN(C)C(=O)Nc4ccc(C)cc4)no3)cc2)cc1. The zero-order chi connectivity index (χ0) is 25.5. The number of rotatable bonds is 8. The summed E-state index contributed by atoms with van der Waals surface area (Å²) in [6, 6.07) is 22.5. The highest BCUT2D eigenvalue weighted by molar-refractivity contribution is 5.94. The van der Waals surface area contributed by atoms with Crippen LogP contribution in [0.3, 0.4) is 0 Å². The maximum absolute atomic E-state index is 12.5. The number of amides is 3. The molecule has 0 unspecified atom stereocenters. The van der Waals surface area contributed by atoms with Crippen LogP contribution in [0.4, 0.5) is 10.5 Å². The van der Waals surface area contributed by atoms with E-state index in [0.29, 0.717) is 42.4 Å². The first-order valence-electron chi connectivity index (χ1n) is 11.7. The summed E-state index contributed by atoms with van der Waals surface area (Å²) < 4.78 is 5.38. The number of nitrogens with zero attached hydrogens (tertiary/aromatic N) is 3. The maximum atomic E-state index is 12.5. The molecule has 3 amide bonds. The quantitative estimate of drug-likeness (QED) is 0.368. The van der Waals surface area contributed by atoms with Gasteiger partial charge in [0, 0.05) is 43.4 Å². The molecule has 1 heterocycles. The molecule has 0 bridgehead atoms. The fourth-order valence-corrected chi connectivity index (χ4v) is 3.45. The molecule has 184 valence electrons. The van der Waals surface area contributed by atoms with Crippen LogP contribution >= 0.6 is 0 Å². The summed E-state index contributed by atoms with van der Waals surface area (Å²) in [5.74, 6) is 0.712. The Balaban J connectivity index is 1.27. The molecule has 4 rings (SSSR count). The molecule has 4 aromatic rings. The Morgan fingerprint density at radius 2 is 1.53 bits per heavy atom. The van der Waals surface area contributed by atoms with Crippen molar-refractivity contribution in [2.24, 2.45) is 0 Å². The number of anilines is 1. The summed E-state index contributed by atoms with van der Waals surface area (Å²) in [6.45, 7) is 4.92. The molecule has 0 aliphatic heterocycles. The van der Waals surface area contributed by atoms with Gasteiger partial charge in [-0.15, -0.1) is 0 Å². The van der Waals surface area contributed by atoms with Crippen molar-refractivity contribution in [2.75, 3.05) is 18.9 Å². The van der Waals surface area contributed by atoms with Gasteiger partial charge >= 0.3 is 6.03 Å². The molecule has 0 atom stereocenters. The van der Waals surface area contributed by atoms with E-state index in [0.717, 1.165) is 16.8 Å². The molecule has 0 aliphatic carbocycles. The fraction of sp³-hybridized carbons (Fsp3) is 0.214. The number of likely N-dealkylation sites (N-methyl/N-ethyl adjacent to an activating group) is 1. The minimum atomic E-state index is -0.209. The van der Waals surface area contributed by atoms with Gasteiger partial charge in [-0.05, 0) is 55.8 Å². The summed E-state index contributed by atoms with van der Waals surface area (Å²) in [4.78, 5) is 30.9. The molecule has 0 radical (unpaired) electrons. The lowest BCUT2D eigenvalue weighted by atomic mass is 10.1. The second-order valence-corrected chi connectivity index (χ2v) is 8.73. The highest BCUT2D eigenvalue weighted by Gasteiger charge is 2.14. The Labute approximate surface area is 210 Å². The van der Waals surface area contributed by atoms with E-state index in [2.05, 4.69) is 20.8 Å². The molecule has 0 saturated carbocycles. The van der Waals surface area contributed by atoms with Crippen LogP contribution in [-0.2, 0) is 13.0 Å². The monoisotopic (exact) mass is 483 g/mol. The molecule has 36 heavy (non-hydrogen) atoms. The molecule has 0 aliphatic rings. The Bertz CT molecular complexity index is 1310. The number of urea groups is 1. The van der Waals surface area contributed by atoms with Gasteiger partial charge < -0.3 is 20.1 Å². The van der Waals surface area contributed by atoms with E-state index in [9.17, 15) is 9.59 Å². The van der Waals surface area contributed by atoms with Crippen molar-refractivity contribution in [1.82, 2.24) is 20.4 Å². The third-order valence-corrected chi connectivity index (χ3v) is 5.76. The molecular weight excluding hydrogens is 454 g/mol. The van der Waals surface area contributed by atoms with Gasteiger partial charge in [-0.25, -0.2) is 4.79 Å². The number of nitrogens with one attached hydrogen (secondary N) is 2. The third-order valence-electron chi connectivity index (χ3n) is 5.76. The van der Waals surface area contributed by atoms with Crippen LogP contribution in [0.1, 0.15) is 32.9 Å². The molecular formula is C28H29N5O3. The van der Waals surface area contributed by atoms with Crippen LogP contribution in [-0.4, -0.2) is 40.6 Å². The van der Waals surface area contributed by atoms with Crippen molar-refractivity contribution in [3.63, 3.8) is 0 Å². The van der Waals surface area contributed by atoms with E-state index in [-0.39, 0.29) is 11.9 Å². The van der Waals surface area contributed by atoms with Gasteiger partial charge in [-0.3, -0.25) is 4.79 Å². The van der Waals surface area contributed by atoms with Gasteiger partial charge in [0.25, 0.3) is 11.8 Å². The Morgan fingerprint density at radius 1 is 0.889 bits per heavy atom. The highest BCUT2D eigenvalue weighted by atomic mass is 16.5. The lowest BCUT2D eigenvalue weighted by Crippen LogP contribution is -2.33. The molecule has 0 fully saturated rings. The lowest BCUT2D eigenvalue weighted by Gasteiger charge is -2.17. The predicted octanol–water partition coefficient (Wildman–Crippen LogP) is 4.99. The van der Waals surface area contributed by atoms with Crippen LogP contribution in [0.2, 0.25) is 0 Å². The largest absolute Gasteiger partial charge is 0.348 e. The molecule has 3 aromatic carbocycles. The van der Waals surface area contributed by atoms with Crippen molar-refractivity contribution in [2.45, 2.75) is 26.8 Å². The number of hydrogen-bond donors (Lipinski definition) is 2. The zero-order valence-electron chi connectivity index (χ0n) is 20.6. The maximum Gasteiger partial charge on any atom is 0.321 e. The Morgan fingerprint density at radius 3 is 2.19 bits per heavy atom. The first kappa shape index (κ1) is 24.7. The average molecular weight is 484 g/mol. The topological polar surface area (TPSA) is 100 Å². The van der Waals surface area contributed by atoms with Crippen molar-refractivity contribution >= 4 is 17.6 Å². The molecule has 2 N–H and O–H groups in total. The summed E-state index contributed by atoms with van der Waals surface area (Å²) >= 11 is 0. The first-order chi connectivity index (χ1) is 17.4. The van der Waals surface area contributed by atoms with Crippen LogP contribution in [0.15, 0.2) is 77.3 Å². The van der Waals surface area contributed by atoms with Crippen molar-refractivity contribution < 1.29 is 14.1 Å². The van der Waals surface area contributed by atoms with E-state index in [1.165, 1.54) is 5.56 Å². The van der Waals surface area contributed by atoms with Gasteiger partial charge in [0.05, 0.1) is 0 Å². The summed E-state index contributed by atoms with van der Waals surface area (Å²) in [5, 5.41) is 9.81. The normalized spacial score (nSPS) is 10.6. The number of aryl methyl sites for hydroxylation is 2. The predicted molar refractivity (Wildman–Crippen MR) is 139 cm³/mol. The Kier molecular flexibility index (Phi) is 7.75. The van der Waals surface area contributed by atoms with E-state index in [1.807, 2.05) is 62.4 Å². The molecule has 8 heteroatoms. The number of hydrogen-bond acceptors (Lipinski definition) is 5. The van der Waals surface area contributed by atoms with Gasteiger partial charge in [-0.1, -0.05) is 52.7 Å². The number of benzene rings is 3. The lowest BCUT2D eigenvalue weighted by molar-refractivity contribution is 0.0951. The van der Waals surface area contributed by atoms with E-state index >= 15 is 0 Å². The number of carbonyl (C=O) groups excluding carboxylic acids is 2. The van der Waals surface area contributed by atoms with Gasteiger partial charge in [0.1, 0.15) is 0 Å². The zero-order valence-corrected chi connectivity index (χ0v) is 20.6. The van der Waals surface area contributed by atoms with E-state index in [4.69, 9.17) is 4.52 Å². The molecule has 0 spiro atoms. The minimum Gasteiger partial charge on any atom is -0.348 e. The van der Waals surface area contributed by atoms with Crippen LogP contribution < -0.4 is 10.6 Å². The van der Waals surface area contributed by atoms with Crippen LogP contribution in [0.25, 0.3) is 11.5 Å². The number of aromatic nitrogens is 2. The first-order valence-corrected chi connectivity index (χ1v) is 11.7. The third kappa shape index (κ3) is 6.56. The van der Waals surface area contributed by atoms with Gasteiger partial charge in [-0.2, -0.15) is 4.98 Å². The Hall–Kier alpha value is -4.46. The van der Waals surface area contributed by atoms with Crippen LogP contribution in [0, 0.1) is 13.8 Å². The minimum absolute atomic E-state index is 0.153. The fourth-order valence-electron chi connectivity index (χ4n) is 3.45. The van der Waals surface area contributed by atoms with Gasteiger partial charge in [0.15, 0.2) is 5.82 Å². The van der Waals surface area contributed by atoms with Crippen molar-refractivity contribution in [3.05, 3.63) is 101 Å².